The molecule has 13 heteroatoms. The number of hydrogen-bond donors (Lipinski definition) is 2. The van der Waals surface area contributed by atoms with E-state index in [4.69, 9.17) is 32.5 Å². The summed E-state index contributed by atoms with van der Waals surface area (Å²) in [7, 11) is 4.86. The average Bonchev–Trinajstić information content (AvgIpc) is 2.77. The summed E-state index contributed by atoms with van der Waals surface area (Å²) in [5.74, 6) is -2.73. The van der Waals surface area contributed by atoms with E-state index in [-0.39, 0.29) is 24.8 Å². The SMILES string of the molecule is CC(C)C[C@H](NC(=O)CNc1cc(Cl)ccc1Cl)B1OC(=O)C[C@](CC(=O)N(C)C)(C(=O)N(C)C)O1. The molecule has 198 valence electrons. The van der Waals surface area contributed by atoms with Gasteiger partial charge in [0.1, 0.15) is 0 Å². The van der Waals surface area contributed by atoms with E-state index in [1.807, 2.05) is 13.8 Å². The predicted molar refractivity (Wildman–Crippen MR) is 139 cm³/mol. The first-order valence-electron chi connectivity index (χ1n) is 11.5. The maximum atomic E-state index is 13.2. The lowest BCUT2D eigenvalue weighted by atomic mass is 9.70. The van der Waals surface area contributed by atoms with Gasteiger partial charge in [-0.15, -0.1) is 0 Å². The van der Waals surface area contributed by atoms with E-state index in [9.17, 15) is 19.2 Å². The van der Waals surface area contributed by atoms with Crippen molar-refractivity contribution in [3.05, 3.63) is 28.2 Å². The van der Waals surface area contributed by atoms with Crippen molar-refractivity contribution >= 4 is 59.7 Å². The maximum absolute atomic E-state index is 13.2. The molecule has 0 spiro atoms. The summed E-state index contributed by atoms with van der Waals surface area (Å²) in [5, 5.41) is 6.60. The van der Waals surface area contributed by atoms with E-state index in [1.165, 1.54) is 23.9 Å². The van der Waals surface area contributed by atoms with Crippen molar-refractivity contribution < 1.29 is 28.5 Å². The van der Waals surface area contributed by atoms with Crippen LogP contribution in [0, 0.1) is 5.92 Å². The van der Waals surface area contributed by atoms with Gasteiger partial charge in [-0.2, -0.15) is 0 Å². The third kappa shape index (κ3) is 8.01. The van der Waals surface area contributed by atoms with Crippen LogP contribution in [0.1, 0.15) is 33.1 Å². The van der Waals surface area contributed by atoms with Crippen LogP contribution in [0.3, 0.4) is 0 Å². The van der Waals surface area contributed by atoms with Crippen LogP contribution in [0.15, 0.2) is 18.2 Å². The largest absolute Gasteiger partial charge is 0.552 e. The summed E-state index contributed by atoms with van der Waals surface area (Å²) in [5.41, 5.74) is -1.27. The van der Waals surface area contributed by atoms with E-state index in [0.717, 1.165) is 0 Å². The Morgan fingerprint density at radius 2 is 1.81 bits per heavy atom. The Labute approximate surface area is 222 Å². The number of hydrogen-bond acceptors (Lipinski definition) is 7. The minimum absolute atomic E-state index is 0.0808. The maximum Gasteiger partial charge on any atom is 0.552 e. The van der Waals surface area contributed by atoms with E-state index in [0.29, 0.717) is 22.2 Å². The molecule has 0 unspecified atom stereocenters. The molecule has 0 radical (unpaired) electrons. The van der Waals surface area contributed by atoms with Crippen molar-refractivity contribution in [3.8, 4) is 0 Å². The average molecular weight is 543 g/mol. The fourth-order valence-corrected chi connectivity index (χ4v) is 4.14. The molecule has 3 amide bonds. The summed E-state index contributed by atoms with van der Waals surface area (Å²) >= 11 is 12.1. The van der Waals surface area contributed by atoms with Gasteiger partial charge in [0.2, 0.25) is 11.8 Å². The van der Waals surface area contributed by atoms with Crippen LogP contribution >= 0.6 is 23.2 Å². The number of likely N-dealkylation sites (N-methyl/N-ethyl adjacent to an activating group) is 1. The van der Waals surface area contributed by atoms with Crippen molar-refractivity contribution in [1.29, 1.82) is 0 Å². The van der Waals surface area contributed by atoms with Crippen LogP contribution in [0.2, 0.25) is 10.0 Å². The molecule has 10 nitrogen and oxygen atoms in total. The summed E-state index contributed by atoms with van der Waals surface area (Å²) < 4.78 is 11.5. The number of carbonyl (C=O) groups is 4. The van der Waals surface area contributed by atoms with E-state index < -0.39 is 42.9 Å². The highest BCUT2D eigenvalue weighted by Gasteiger charge is 2.55. The lowest BCUT2D eigenvalue weighted by Crippen LogP contribution is -2.63. The van der Waals surface area contributed by atoms with Gasteiger partial charge in [-0.25, -0.2) is 0 Å². The van der Waals surface area contributed by atoms with Crippen LogP contribution < -0.4 is 10.6 Å². The lowest BCUT2D eigenvalue weighted by molar-refractivity contribution is -0.167. The quantitative estimate of drug-likeness (QED) is 0.435. The second-order valence-corrected chi connectivity index (χ2v) is 10.4. The van der Waals surface area contributed by atoms with Crippen LogP contribution in [0.25, 0.3) is 0 Å². The first kappa shape index (κ1) is 29.7. The second-order valence-electron chi connectivity index (χ2n) is 9.59. The number of rotatable bonds is 10. The topological polar surface area (TPSA) is 117 Å². The Morgan fingerprint density at radius 3 is 2.39 bits per heavy atom. The van der Waals surface area contributed by atoms with Crippen molar-refractivity contribution in [2.24, 2.45) is 5.92 Å². The summed E-state index contributed by atoms with van der Waals surface area (Å²) in [6, 6.07) is 4.83. The van der Waals surface area contributed by atoms with Gasteiger partial charge < -0.3 is 29.7 Å². The molecule has 1 aromatic rings. The molecule has 1 heterocycles. The number of amides is 3. The Hall–Kier alpha value is -2.50. The van der Waals surface area contributed by atoms with Crippen molar-refractivity contribution in [2.45, 2.75) is 44.7 Å². The first-order chi connectivity index (χ1) is 16.7. The Balaban J connectivity index is 2.26. The van der Waals surface area contributed by atoms with Gasteiger partial charge in [0.05, 0.1) is 36.0 Å². The number of carbonyl (C=O) groups excluding carboxylic acids is 4. The molecule has 1 fully saturated rings. The standard InChI is InChI=1S/C23H33BCl2N4O6/c1-14(2)9-18(28-19(31)13-27-17-10-15(25)7-8-16(17)26)24-35-21(33)12-23(36-24,22(34)30(5)6)11-20(32)29(3)4/h7-8,10,14,18,27H,9,11-13H2,1-6H3,(H,28,31)/t18-,23+/m0/s1. The number of benzene rings is 1. The van der Waals surface area contributed by atoms with Gasteiger partial charge in [-0.05, 0) is 30.5 Å². The van der Waals surface area contributed by atoms with Gasteiger partial charge in [-0.3, -0.25) is 19.2 Å². The van der Waals surface area contributed by atoms with E-state index >= 15 is 0 Å². The van der Waals surface area contributed by atoms with Gasteiger partial charge >= 0.3 is 7.12 Å². The lowest BCUT2D eigenvalue weighted by Gasteiger charge is -2.41. The van der Waals surface area contributed by atoms with Gasteiger partial charge in [0.15, 0.2) is 5.60 Å². The highest BCUT2D eigenvalue weighted by molar-refractivity contribution is 6.50. The Morgan fingerprint density at radius 1 is 1.14 bits per heavy atom. The molecule has 1 aromatic carbocycles. The molecule has 1 aliphatic rings. The van der Waals surface area contributed by atoms with Crippen LogP contribution in [0.4, 0.5) is 5.69 Å². The van der Waals surface area contributed by atoms with Gasteiger partial charge in [0.25, 0.3) is 11.9 Å². The number of anilines is 1. The summed E-state index contributed by atoms with van der Waals surface area (Å²) in [6.07, 6.45) is -0.382. The predicted octanol–water partition coefficient (Wildman–Crippen LogP) is 2.23. The monoisotopic (exact) mass is 542 g/mol. The third-order valence-electron chi connectivity index (χ3n) is 5.52. The fourth-order valence-electron chi connectivity index (χ4n) is 3.78. The molecule has 0 bridgehead atoms. The minimum Gasteiger partial charge on any atom is -0.508 e. The minimum atomic E-state index is -1.75. The van der Waals surface area contributed by atoms with Crippen LogP contribution in [-0.4, -0.2) is 86.9 Å². The van der Waals surface area contributed by atoms with Crippen molar-refractivity contribution in [1.82, 2.24) is 15.1 Å². The molecular formula is C23H33BCl2N4O6. The van der Waals surface area contributed by atoms with Crippen LogP contribution in [-0.2, 0) is 28.5 Å². The molecule has 0 saturated carbocycles. The van der Waals surface area contributed by atoms with Crippen molar-refractivity contribution in [2.75, 3.05) is 40.1 Å². The summed E-state index contributed by atoms with van der Waals surface area (Å²) in [4.78, 5) is 53.8. The van der Waals surface area contributed by atoms with Gasteiger partial charge in [0, 0.05) is 33.2 Å². The molecule has 2 rings (SSSR count). The molecular weight excluding hydrogens is 510 g/mol. The Bertz CT molecular complexity index is 993. The Kier molecular flexibility index (Phi) is 10.4. The summed E-state index contributed by atoms with van der Waals surface area (Å²) in [6.45, 7) is 3.72. The van der Waals surface area contributed by atoms with Crippen molar-refractivity contribution in [3.63, 3.8) is 0 Å². The normalized spacial score (nSPS) is 18.4. The zero-order valence-electron chi connectivity index (χ0n) is 21.4. The number of nitrogens with one attached hydrogen (secondary N) is 2. The molecule has 2 N–H and O–H groups in total. The number of halogens is 2. The second kappa shape index (κ2) is 12.6. The molecule has 2 atom stereocenters. The smallest absolute Gasteiger partial charge is 0.508 e. The number of nitrogens with zero attached hydrogens (tertiary/aromatic N) is 2. The van der Waals surface area contributed by atoms with E-state index in [1.54, 1.807) is 32.3 Å². The molecule has 1 saturated heterocycles. The highest BCUT2D eigenvalue weighted by Crippen LogP contribution is 2.32. The molecule has 0 aromatic heterocycles. The molecule has 0 aliphatic carbocycles. The van der Waals surface area contributed by atoms with E-state index in [2.05, 4.69) is 10.6 Å². The third-order valence-corrected chi connectivity index (χ3v) is 6.08. The fraction of sp³-hybridized carbons (Fsp3) is 0.565. The molecule has 1 aliphatic heterocycles. The zero-order valence-corrected chi connectivity index (χ0v) is 22.9. The van der Waals surface area contributed by atoms with Crippen LogP contribution in [0.5, 0.6) is 0 Å². The highest BCUT2D eigenvalue weighted by atomic mass is 35.5. The van der Waals surface area contributed by atoms with Gasteiger partial charge in [-0.1, -0.05) is 37.0 Å². The first-order valence-corrected chi connectivity index (χ1v) is 12.3. The zero-order chi connectivity index (χ0) is 27.2. The molecule has 36 heavy (non-hydrogen) atoms.